The molecule has 0 aromatic carbocycles. The van der Waals surface area contributed by atoms with Gasteiger partial charge in [-0.05, 0) is 13.3 Å². The normalized spacial score (nSPS) is 18.9. The highest BCUT2D eigenvalue weighted by Crippen LogP contribution is 2.14. The third-order valence-corrected chi connectivity index (χ3v) is 3.48. The lowest BCUT2D eigenvalue weighted by Gasteiger charge is -2.23. The van der Waals surface area contributed by atoms with Gasteiger partial charge in [0.1, 0.15) is 5.76 Å². The van der Waals surface area contributed by atoms with Gasteiger partial charge in [-0.1, -0.05) is 5.16 Å². The van der Waals surface area contributed by atoms with Gasteiger partial charge in [0.05, 0.1) is 11.1 Å². The van der Waals surface area contributed by atoms with Gasteiger partial charge < -0.3 is 20.5 Å². The zero-order valence-electron chi connectivity index (χ0n) is 9.86. The van der Waals surface area contributed by atoms with E-state index in [0.29, 0.717) is 18.1 Å². The van der Waals surface area contributed by atoms with Crippen LogP contribution in [0.4, 0.5) is 10.6 Å². The van der Waals surface area contributed by atoms with Crippen LogP contribution < -0.4 is 16.0 Å². The van der Waals surface area contributed by atoms with Crippen LogP contribution in [0.1, 0.15) is 12.2 Å². The van der Waals surface area contributed by atoms with Gasteiger partial charge in [0.15, 0.2) is 5.82 Å². The van der Waals surface area contributed by atoms with Crippen molar-refractivity contribution in [2.24, 2.45) is 0 Å². The van der Waals surface area contributed by atoms with E-state index < -0.39 is 0 Å². The third-order valence-electron chi connectivity index (χ3n) is 2.30. The number of nitrogens with zero attached hydrogens (tertiary/aromatic N) is 1. The van der Waals surface area contributed by atoms with E-state index >= 15 is 0 Å². The fourth-order valence-electron chi connectivity index (χ4n) is 1.49. The molecule has 3 N–H and O–H groups in total. The van der Waals surface area contributed by atoms with Gasteiger partial charge in [0.25, 0.3) is 0 Å². The molecule has 0 aliphatic carbocycles. The third kappa shape index (κ3) is 3.66. The summed E-state index contributed by atoms with van der Waals surface area (Å²) >= 11 is 1.39. The average Bonchev–Trinajstić information content (AvgIpc) is 2.72. The molecule has 18 heavy (non-hydrogen) atoms. The number of hydrogen-bond donors (Lipinski definition) is 3. The smallest absolute Gasteiger partial charge is 0.315 e. The van der Waals surface area contributed by atoms with E-state index in [1.807, 2.05) is 0 Å². The molecule has 1 atom stereocenters. The molecule has 1 aliphatic rings. The lowest BCUT2D eigenvalue weighted by molar-refractivity contribution is -0.113. The van der Waals surface area contributed by atoms with E-state index in [4.69, 9.17) is 4.52 Å². The molecule has 3 amide bonds. The van der Waals surface area contributed by atoms with Crippen molar-refractivity contribution in [2.75, 3.05) is 17.6 Å². The highest BCUT2D eigenvalue weighted by Gasteiger charge is 2.18. The second kappa shape index (κ2) is 5.76. The van der Waals surface area contributed by atoms with E-state index in [1.165, 1.54) is 11.8 Å². The summed E-state index contributed by atoms with van der Waals surface area (Å²) in [4.78, 5) is 22.7. The Kier molecular flexibility index (Phi) is 4.08. The topological polar surface area (TPSA) is 96.3 Å². The van der Waals surface area contributed by atoms with Gasteiger partial charge in [-0.3, -0.25) is 4.79 Å². The molecular weight excluding hydrogens is 256 g/mol. The summed E-state index contributed by atoms with van der Waals surface area (Å²) in [5.41, 5.74) is 0. The fourth-order valence-corrected chi connectivity index (χ4v) is 2.39. The zero-order valence-corrected chi connectivity index (χ0v) is 10.7. The molecular formula is C10H14N4O3S. The Morgan fingerprint density at radius 3 is 3.22 bits per heavy atom. The maximum atomic E-state index is 11.6. The van der Waals surface area contributed by atoms with E-state index in [2.05, 4.69) is 21.1 Å². The predicted octanol–water partition coefficient (Wildman–Crippen LogP) is 0.684. The lowest BCUT2D eigenvalue weighted by atomic mass is 10.4. The number of carbonyl (C=O) groups is 2. The molecule has 7 nitrogen and oxygen atoms in total. The van der Waals surface area contributed by atoms with Crippen molar-refractivity contribution in [2.45, 2.75) is 18.7 Å². The number of nitrogens with one attached hydrogen (secondary N) is 3. The van der Waals surface area contributed by atoms with Gasteiger partial charge in [-0.25, -0.2) is 4.79 Å². The molecule has 2 rings (SSSR count). The second-order valence-corrected chi connectivity index (χ2v) is 5.05. The van der Waals surface area contributed by atoms with Crippen molar-refractivity contribution in [1.29, 1.82) is 0 Å². The van der Waals surface area contributed by atoms with Crippen molar-refractivity contribution < 1.29 is 14.1 Å². The minimum absolute atomic E-state index is 0.0245. The van der Waals surface area contributed by atoms with Gasteiger partial charge >= 0.3 is 6.03 Å². The molecule has 1 aromatic heterocycles. The minimum Gasteiger partial charge on any atom is -0.360 e. The van der Waals surface area contributed by atoms with Crippen LogP contribution in [0.3, 0.4) is 0 Å². The van der Waals surface area contributed by atoms with Gasteiger partial charge in [-0.15, -0.1) is 11.8 Å². The van der Waals surface area contributed by atoms with Crippen LogP contribution in [-0.2, 0) is 4.79 Å². The summed E-state index contributed by atoms with van der Waals surface area (Å²) in [6.07, 6.45) is 0.798. The average molecular weight is 270 g/mol. The zero-order chi connectivity index (χ0) is 13.0. The monoisotopic (exact) mass is 270 g/mol. The fraction of sp³-hybridized carbons (Fsp3) is 0.500. The van der Waals surface area contributed by atoms with Gasteiger partial charge in [0.2, 0.25) is 5.91 Å². The van der Waals surface area contributed by atoms with Crippen LogP contribution in [-0.4, -0.2) is 34.8 Å². The Morgan fingerprint density at radius 1 is 1.72 bits per heavy atom. The number of rotatable bonds is 4. The number of hydrogen-bond acceptors (Lipinski definition) is 5. The first-order valence-electron chi connectivity index (χ1n) is 5.52. The highest BCUT2D eigenvalue weighted by molar-refractivity contribution is 8.00. The molecule has 0 spiro atoms. The van der Waals surface area contributed by atoms with Gasteiger partial charge in [-0.2, -0.15) is 0 Å². The SMILES string of the molecule is Cc1cc(NC(=O)CSC2CCNC(=O)N2)no1. The largest absolute Gasteiger partial charge is 0.360 e. The Morgan fingerprint density at radius 2 is 2.56 bits per heavy atom. The van der Waals surface area contributed by atoms with Crippen molar-refractivity contribution in [3.63, 3.8) is 0 Å². The van der Waals surface area contributed by atoms with E-state index in [0.717, 1.165) is 6.42 Å². The molecule has 1 aliphatic heterocycles. The van der Waals surface area contributed by atoms with Crippen LogP contribution in [0.15, 0.2) is 10.6 Å². The summed E-state index contributed by atoms with van der Waals surface area (Å²) in [5, 5.41) is 11.7. The van der Waals surface area contributed by atoms with Crippen LogP contribution in [0.2, 0.25) is 0 Å². The molecule has 0 bridgehead atoms. The summed E-state index contributed by atoms with van der Waals surface area (Å²) in [5.74, 6) is 1.15. The number of urea groups is 1. The molecule has 0 saturated carbocycles. The number of carbonyl (C=O) groups excluding carboxylic acids is 2. The van der Waals surface area contributed by atoms with Crippen molar-refractivity contribution in [1.82, 2.24) is 15.8 Å². The molecule has 1 saturated heterocycles. The molecule has 1 aromatic rings. The van der Waals surface area contributed by atoms with Crippen LogP contribution in [0, 0.1) is 6.92 Å². The first-order valence-corrected chi connectivity index (χ1v) is 6.57. The molecule has 8 heteroatoms. The quantitative estimate of drug-likeness (QED) is 0.747. The number of thioether (sulfide) groups is 1. The molecule has 98 valence electrons. The minimum atomic E-state index is -0.189. The summed E-state index contributed by atoms with van der Waals surface area (Å²) in [6.45, 7) is 2.38. The first-order chi connectivity index (χ1) is 8.63. The van der Waals surface area contributed by atoms with Crippen LogP contribution >= 0.6 is 11.8 Å². The molecule has 2 heterocycles. The molecule has 1 unspecified atom stereocenters. The van der Waals surface area contributed by atoms with Gasteiger partial charge in [0, 0.05) is 12.6 Å². The highest BCUT2D eigenvalue weighted by atomic mass is 32.2. The van der Waals surface area contributed by atoms with Crippen molar-refractivity contribution in [3.8, 4) is 0 Å². The molecule has 0 radical (unpaired) electrons. The Labute approximate surface area is 108 Å². The van der Waals surface area contributed by atoms with Crippen molar-refractivity contribution >= 4 is 29.5 Å². The number of aryl methyl sites for hydroxylation is 1. The lowest BCUT2D eigenvalue weighted by Crippen LogP contribution is -2.48. The Hall–Kier alpha value is -1.70. The Bertz CT molecular complexity index is 448. The summed E-state index contributed by atoms with van der Waals surface area (Å²) in [6, 6.07) is 1.46. The van der Waals surface area contributed by atoms with Crippen LogP contribution in [0.25, 0.3) is 0 Å². The summed E-state index contributed by atoms with van der Waals surface area (Å²) < 4.78 is 4.84. The second-order valence-electron chi connectivity index (χ2n) is 3.86. The maximum Gasteiger partial charge on any atom is 0.315 e. The number of aromatic nitrogens is 1. The van der Waals surface area contributed by atoms with Crippen LogP contribution in [0.5, 0.6) is 0 Å². The number of amides is 3. The Balaban J connectivity index is 1.73. The number of anilines is 1. The maximum absolute atomic E-state index is 11.6. The van der Waals surface area contributed by atoms with E-state index in [-0.39, 0.29) is 23.1 Å². The van der Waals surface area contributed by atoms with Crippen molar-refractivity contribution in [3.05, 3.63) is 11.8 Å². The molecule has 1 fully saturated rings. The standard InChI is InChI=1S/C10H14N4O3S/c1-6-4-7(14-17-6)12-8(15)5-18-9-2-3-11-10(16)13-9/h4,9H,2-3,5H2,1H3,(H2,11,13,16)(H,12,14,15). The summed E-state index contributed by atoms with van der Waals surface area (Å²) in [7, 11) is 0. The first kappa shape index (κ1) is 12.7. The van der Waals surface area contributed by atoms with E-state index in [9.17, 15) is 9.59 Å². The van der Waals surface area contributed by atoms with E-state index in [1.54, 1.807) is 13.0 Å². The predicted molar refractivity (Wildman–Crippen MR) is 67.3 cm³/mol.